The van der Waals surface area contributed by atoms with E-state index in [9.17, 15) is 13.2 Å². The Morgan fingerprint density at radius 1 is 1.07 bits per heavy atom. The Morgan fingerprint density at radius 3 is 2.47 bits per heavy atom. The van der Waals surface area contributed by atoms with Crippen molar-refractivity contribution in [3.05, 3.63) is 72.2 Å². The second-order valence-electron chi connectivity index (χ2n) is 6.60. The highest BCUT2D eigenvalue weighted by Crippen LogP contribution is 2.33. The fourth-order valence-electron chi connectivity index (χ4n) is 2.97. The lowest BCUT2D eigenvalue weighted by molar-refractivity contribution is 0.0996. The zero-order valence-corrected chi connectivity index (χ0v) is 17.9. The highest BCUT2D eigenvalue weighted by molar-refractivity contribution is 7.89. The van der Waals surface area contributed by atoms with Gasteiger partial charge in [0.1, 0.15) is 5.75 Å². The zero-order chi connectivity index (χ0) is 21.7. The summed E-state index contributed by atoms with van der Waals surface area (Å²) in [5.74, 6) is 0.488. The van der Waals surface area contributed by atoms with E-state index in [1.54, 1.807) is 26.0 Å². The Kier molecular flexibility index (Phi) is 6.59. The summed E-state index contributed by atoms with van der Waals surface area (Å²) in [6, 6.07) is 15.0. The first kappa shape index (κ1) is 21.6. The number of hydrogen-bond acceptors (Lipinski definition) is 5. The van der Waals surface area contributed by atoms with Crippen LogP contribution in [0.4, 0.5) is 5.69 Å². The second-order valence-corrected chi connectivity index (χ2v) is 8.54. The SMILES string of the molecule is CCN(CC)S(=O)(=O)c1ccc(Oc2cccc(C)c2)c(NC(=O)c2ccco2)c1. The fraction of sp³-hybridized carbons (Fsp3) is 0.227. The molecule has 1 amide bonds. The van der Waals surface area contributed by atoms with Gasteiger partial charge in [0.15, 0.2) is 11.5 Å². The molecule has 1 aromatic heterocycles. The molecule has 0 aliphatic rings. The molecule has 0 atom stereocenters. The Balaban J connectivity index is 2.02. The predicted octanol–water partition coefficient (Wildman–Crippen LogP) is 4.66. The zero-order valence-electron chi connectivity index (χ0n) is 17.1. The first-order chi connectivity index (χ1) is 14.3. The van der Waals surface area contributed by atoms with Crippen molar-refractivity contribution in [3.63, 3.8) is 0 Å². The average molecular weight is 429 g/mol. The van der Waals surface area contributed by atoms with Gasteiger partial charge < -0.3 is 14.5 Å². The highest BCUT2D eigenvalue weighted by atomic mass is 32.2. The molecular formula is C22H24N2O5S. The molecule has 0 bridgehead atoms. The number of amides is 1. The van der Waals surface area contributed by atoms with Gasteiger partial charge in [-0.2, -0.15) is 4.31 Å². The van der Waals surface area contributed by atoms with Crippen LogP contribution in [0.3, 0.4) is 0 Å². The number of carbonyl (C=O) groups is 1. The molecule has 0 aliphatic carbocycles. The van der Waals surface area contributed by atoms with E-state index in [2.05, 4.69) is 5.32 Å². The van der Waals surface area contributed by atoms with Gasteiger partial charge in [-0.15, -0.1) is 0 Å². The second kappa shape index (κ2) is 9.15. The van der Waals surface area contributed by atoms with Gasteiger partial charge in [-0.25, -0.2) is 8.42 Å². The Morgan fingerprint density at radius 2 is 1.83 bits per heavy atom. The third-order valence-corrected chi connectivity index (χ3v) is 6.55. The maximum atomic E-state index is 12.9. The lowest BCUT2D eigenvalue weighted by Gasteiger charge is -2.20. The Bertz CT molecular complexity index is 1120. The van der Waals surface area contributed by atoms with Crippen LogP contribution in [-0.2, 0) is 10.0 Å². The molecule has 30 heavy (non-hydrogen) atoms. The molecule has 3 aromatic rings. The molecule has 1 heterocycles. The van der Waals surface area contributed by atoms with Crippen LogP contribution < -0.4 is 10.1 Å². The van der Waals surface area contributed by atoms with Gasteiger partial charge in [-0.05, 0) is 55.0 Å². The van der Waals surface area contributed by atoms with Crippen molar-refractivity contribution >= 4 is 21.6 Å². The van der Waals surface area contributed by atoms with E-state index >= 15 is 0 Å². The van der Waals surface area contributed by atoms with Crippen molar-refractivity contribution in [3.8, 4) is 11.5 Å². The normalized spacial score (nSPS) is 11.5. The molecule has 0 saturated carbocycles. The van der Waals surface area contributed by atoms with Gasteiger partial charge >= 0.3 is 0 Å². The van der Waals surface area contributed by atoms with Crippen LogP contribution in [0.2, 0.25) is 0 Å². The van der Waals surface area contributed by atoms with Gasteiger partial charge in [-0.3, -0.25) is 4.79 Å². The number of sulfonamides is 1. The highest BCUT2D eigenvalue weighted by Gasteiger charge is 2.24. The van der Waals surface area contributed by atoms with E-state index in [-0.39, 0.29) is 16.3 Å². The molecule has 0 fully saturated rings. The largest absolute Gasteiger partial charge is 0.459 e. The number of hydrogen-bond donors (Lipinski definition) is 1. The predicted molar refractivity (Wildman–Crippen MR) is 114 cm³/mol. The number of anilines is 1. The third kappa shape index (κ3) is 4.72. The molecular weight excluding hydrogens is 404 g/mol. The molecule has 0 spiro atoms. The van der Waals surface area contributed by atoms with Gasteiger partial charge in [0.2, 0.25) is 10.0 Å². The van der Waals surface area contributed by atoms with E-state index in [1.807, 2.05) is 25.1 Å². The van der Waals surface area contributed by atoms with Crippen LogP contribution in [0.5, 0.6) is 11.5 Å². The topological polar surface area (TPSA) is 88.9 Å². The quantitative estimate of drug-likeness (QED) is 0.563. The van der Waals surface area contributed by atoms with E-state index in [0.717, 1.165) is 5.56 Å². The summed E-state index contributed by atoms with van der Waals surface area (Å²) in [4.78, 5) is 12.6. The minimum absolute atomic E-state index is 0.0672. The fourth-order valence-corrected chi connectivity index (χ4v) is 4.45. The van der Waals surface area contributed by atoms with Gasteiger partial charge in [-0.1, -0.05) is 26.0 Å². The van der Waals surface area contributed by atoms with Crippen LogP contribution in [0, 0.1) is 6.92 Å². The van der Waals surface area contributed by atoms with Crippen molar-refractivity contribution in [1.29, 1.82) is 0 Å². The molecule has 0 aliphatic heterocycles. The van der Waals surface area contributed by atoms with E-state index < -0.39 is 15.9 Å². The molecule has 1 N–H and O–H groups in total. The first-order valence-corrected chi connectivity index (χ1v) is 11.0. The van der Waals surface area contributed by atoms with Gasteiger partial charge in [0.05, 0.1) is 16.8 Å². The van der Waals surface area contributed by atoms with Crippen molar-refractivity contribution in [2.45, 2.75) is 25.7 Å². The van der Waals surface area contributed by atoms with Crippen LogP contribution in [0.15, 0.2) is 70.2 Å². The minimum Gasteiger partial charge on any atom is -0.459 e. The molecule has 0 unspecified atom stereocenters. The Hall–Kier alpha value is -3.10. The summed E-state index contributed by atoms with van der Waals surface area (Å²) in [5.41, 5.74) is 1.24. The monoisotopic (exact) mass is 428 g/mol. The minimum atomic E-state index is -3.71. The number of rotatable bonds is 8. The third-order valence-electron chi connectivity index (χ3n) is 4.50. The van der Waals surface area contributed by atoms with Crippen molar-refractivity contribution < 1.29 is 22.4 Å². The van der Waals surface area contributed by atoms with Gasteiger partial charge in [0, 0.05) is 13.1 Å². The van der Waals surface area contributed by atoms with E-state index in [1.165, 1.54) is 34.8 Å². The lowest BCUT2D eigenvalue weighted by Crippen LogP contribution is -2.30. The summed E-state index contributed by atoms with van der Waals surface area (Å²) >= 11 is 0. The summed E-state index contributed by atoms with van der Waals surface area (Å²) < 4.78 is 38.3. The number of nitrogens with zero attached hydrogens (tertiary/aromatic N) is 1. The number of aryl methyl sites for hydroxylation is 1. The molecule has 0 saturated heterocycles. The van der Waals surface area contributed by atoms with Crippen LogP contribution in [0.1, 0.15) is 30.0 Å². The van der Waals surface area contributed by atoms with Crippen LogP contribution in [0.25, 0.3) is 0 Å². The van der Waals surface area contributed by atoms with Crippen LogP contribution >= 0.6 is 0 Å². The van der Waals surface area contributed by atoms with Crippen molar-refractivity contribution in [1.82, 2.24) is 4.31 Å². The first-order valence-electron chi connectivity index (χ1n) is 9.58. The standard InChI is InChI=1S/C22H24N2O5S/c1-4-24(5-2)30(26,27)18-11-12-20(29-17-9-6-8-16(3)14-17)19(15-18)23-22(25)21-10-7-13-28-21/h6-15H,4-5H2,1-3H3,(H,23,25). The number of nitrogens with one attached hydrogen (secondary N) is 1. The maximum absolute atomic E-state index is 12.9. The van der Waals surface area contributed by atoms with Crippen molar-refractivity contribution in [2.24, 2.45) is 0 Å². The molecule has 7 nitrogen and oxygen atoms in total. The number of furan rings is 1. The molecule has 158 valence electrons. The maximum Gasteiger partial charge on any atom is 0.291 e. The van der Waals surface area contributed by atoms with E-state index in [0.29, 0.717) is 24.6 Å². The molecule has 3 rings (SSSR count). The summed E-state index contributed by atoms with van der Waals surface area (Å²) in [6.45, 7) is 6.17. The molecule has 2 aromatic carbocycles. The lowest BCUT2D eigenvalue weighted by atomic mass is 10.2. The average Bonchev–Trinajstić information content (AvgIpc) is 3.25. The molecule has 8 heteroatoms. The van der Waals surface area contributed by atoms with Gasteiger partial charge in [0.25, 0.3) is 5.91 Å². The summed E-state index contributed by atoms with van der Waals surface area (Å²) in [7, 11) is -3.71. The number of carbonyl (C=O) groups excluding carboxylic acids is 1. The van der Waals surface area contributed by atoms with Crippen LogP contribution in [-0.4, -0.2) is 31.7 Å². The number of benzene rings is 2. The smallest absolute Gasteiger partial charge is 0.291 e. The molecule has 0 radical (unpaired) electrons. The van der Waals surface area contributed by atoms with Crippen molar-refractivity contribution in [2.75, 3.05) is 18.4 Å². The summed E-state index contributed by atoms with van der Waals surface area (Å²) in [5, 5.41) is 2.69. The van der Waals surface area contributed by atoms with E-state index in [4.69, 9.17) is 9.15 Å². The summed E-state index contributed by atoms with van der Waals surface area (Å²) in [6.07, 6.45) is 1.39. The number of ether oxygens (including phenoxy) is 1. The Labute approximate surface area is 176 Å².